The third kappa shape index (κ3) is 2.28. The number of hydrogen-bond donors (Lipinski definition) is 0. The fourth-order valence-electron chi connectivity index (χ4n) is 2.20. The van der Waals surface area contributed by atoms with Gasteiger partial charge in [-0.15, -0.1) is 0 Å². The van der Waals surface area contributed by atoms with Gasteiger partial charge in [0, 0.05) is 17.0 Å². The third-order valence-electron chi connectivity index (χ3n) is 3.17. The quantitative estimate of drug-likeness (QED) is 0.815. The molecule has 1 saturated heterocycles. The van der Waals surface area contributed by atoms with E-state index in [1.165, 1.54) is 0 Å². The number of hydrogen-bond acceptors (Lipinski definition) is 5. The lowest BCUT2D eigenvalue weighted by Gasteiger charge is -2.14. The van der Waals surface area contributed by atoms with Gasteiger partial charge in [0.2, 0.25) is 0 Å². The van der Waals surface area contributed by atoms with Crippen molar-refractivity contribution in [2.45, 2.75) is 6.29 Å². The van der Waals surface area contributed by atoms with Gasteiger partial charge in [0.05, 0.1) is 27.4 Å². The minimum Gasteiger partial charge on any atom is -0.497 e. The first kappa shape index (κ1) is 13.4. The molecule has 0 bridgehead atoms. The van der Waals surface area contributed by atoms with E-state index in [1.807, 2.05) is 12.1 Å². The molecule has 0 saturated carbocycles. The van der Waals surface area contributed by atoms with E-state index in [4.69, 9.17) is 30.5 Å². The van der Waals surface area contributed by atoms with Gasteiger partial charge in [-0.05, 0) is 12.1 Å². The zero-order valence-electron chi connectivity index (χ0n) is 11.2. The van der Waals surface area contributed by atoms with Gasteiger partial charge in [-0.25, -0.2) is 4.98 Å². The Morgan fingerprint density at radius 1 is 1.15 bits per heavy atom. The molecule has 20 heavy (non-hydrogen) atoms. The van der Waals surface area contributed by atoms with Crippen LogP contribution < -0.4 is 9.47 Å². The van der Waals surface area contributed by atoms with E-state index in [0.29, 0.717) is 40.9 Å². The second kappa shape index (κ2) is 5.44. The van der Waals surface area contributed by atoms with Crippen molar-refractivity contribution in [1.29, 1.82) is 0 Å². The normalized spacial score (nSPS) is 15.8. The van der Waals surface area contributed by atoms with E-state index in [1.54, 1.807) is 20.3 Å². The number of ether oxygens (including phenoxy) is 4. The van der Waals surface area contributed by atoms with Crippen molar-refractivity contribution in [2.24, 2.45) is 0 Å². The fraction of sp³-hybridized carbons (Fsp3) is 0.357. The minimum absolute atomic E-state index is 0.355. The standard InChI is InChI=1S/C14H14ClNO4/c1-17-9-5-8-6-10(14-19-3-4-20-14)13(15)16-12(8)11(7-9)18-2/h5-7,14H,3-4H2,1-2H3. The molecule has 0 atom stereocenters. The highest BCUT2D eigenvalue weighted by Crippen LogP contribution is 2.36. The average molecular weight is 296 g/mol. The molecule has 2 aromatic rings. The van der Waals surface area contributed by atoms with E-state index in [0.717, 1.165) is 5.39 Å². The molecular formula is C14H14ClNO4. The average Bonchev–Trinajstić information content (AvgIpc) is 2.99. The highest BCUT2D eigenvalue weighted by atomic mass is 35.5. The molecule has 1 aliphatic heterocycles. The van der Waals surface area contributed by atoms with E-state index in [-0.39, 0.29) is 0 Å². The molecule has 0 amide bonds. The van der Waals surface area contributed by atoms with Crippen LogP contribution in [-0.4, -0.2) is 32.4 Å². The molecule has 2 heterocycles. The van der Waals surface area contributed by atoms with Crippen LogP contribution >= 0.6 is 11.6 Å². The lowest BCUT2D eigenvalue weighted by molar-refractivity contribution is -0.0441. The van der Waals surface area contributed by atoms with Gasteiger partial charge in [-0.3, -0.25) is 0 Å². The summed E-state index contributed by atoms with van der Waals surface area (Å²) in [6, 6.07) is 5.54. The maximum absolute atomic E-state index is 6.23. The molecule has 6 heteroatoms. The summed E-state index contributed by atoms with van der Waals surface area (Å²) in [5.41, 5.74) is 1.40. The third-order valence-corrected chi connectivity index (χ3v) is 3.47. The summed E-state index contributed by atoms with van der Waals surface area (Å²) in [6.07, 6.45) is -0.461. The number of rotatable bonds is 3. The maximum atomic E-state index is 6.23. The Bertz CT molecular complexity index is 641. The zero-order chi connectivity index (χ0) is 14.1. The number of nitrogens with zero attached hydrogens (tertiary/aromatic N) is 1. The number of methoxy groups -OCH3 is 2. The topological polar surface area (TPSA) is 49.8 Å². The number of fused-ring (bicyclic) bond motifs is 1. The molecule has 0 spiro atoms. The lowest BCUT2D eigenvalue weighted by Crippen LogP contribution is -2.01. The molecule has 1 aliphatic rings. The van der Waals surface area contributed by atoms with Crippen LogP contribution in [0, 0.1) is 0 Å². The molecular weight excluding hydrogens is 282 g/mol. The summed E-state index contributed by atoms with van der Waals surface area (Å²) >= 11 is 6.23. The lowest BCUT2D eigenvalue weighted by atomic mass is 10.1. The first-order valence-electron chi connectivity index (χ1n) is 6.18. The Balaban J connectivity index is 2.17. The summed E-state index contributed by atoms with van der Waals surface area (Å²) in [6.45, 7) is 1.11. The molecule has 0 aliphatic carbocycles. The van der Waals surface area contributed by atoms with Crippen molar-refractivity contribution in [3.05, 3.63) is 28.9 Å². The van der Waals surface area contributed by atoms with Crippen molar-refractivity contribution >= 4 is 22.5 Å². The second-order valence-electron chi connectivity index (χ2n) is 4.34. The Kier molecular flexibility index (Phi) is 3.65. The SMILES string of the molecule is COc1cc(OC)c2nc(Cl)c(C3OCCO3)cc2c1. The van der Waals surface area contributed by atoms with Crippen molar-refractivity contribution in [3.63, 3.8) is 0 Å². The Hall–Kier alpha value is -1.56. The minimum atomic E-state index is -0.461. The molecule has 1 fully saturated rings. The smallest absolute Gasteiger partial charge is 0.187 e. The summed E-state index contributed by atoms with van der Waals surface area (Å²) < 4.78 is 21.5. The predicted octanol–water partition coefficient (Wildman–Crippen LogP) is 2.95. The highest BCUT2D eigenvalue weighted by Gasteiger charge is 2.23. The summed E-state index contributed by atoms with van der Waals surface area (Å²) in [7, 11) is 3.19. The molecule has 3 rings (SSSR count). The van der Waals surface area contributed by atoms with E-state index >= 15 is 0 Å². The van der Waals surface area contributed by atoms with Crippen LogP contribution in [0.2, 0.25) is 5.15 Å². The molecule has 106 valence electrons. The molecule has 0 radical (unpaired) electrons. The van der Waals surface area contributed by atoms with Gasteiger partial charge in [-0.2, -0.15) is 0 Å². The number of halogens is 1. The van der Waals surface area contributed by atoms with Crippen LogP contribution in [0.1, 0.15) is 11.9 Å². The van der Waals surface area contributed by atoms with Crippen molar-refractivity contribution < 1.29 is 18.9 Å². The number of pyridine rings is 1. The molecule has 0 N–H and O–H groups in total. The van der Waals surface area contributed by atoms with Crippen molar-refractivity contribution in [2.75, 3.05) is 27.4 Å². The van der Waals surface area contributed by atoms with Crippen LogP contribution in [0.15, 0.2) is 18.2 Å². The van der Waals surface area contributed by atoms with Crippen molar-refractivity contribution in [3.8, 4) is 11.5 Å². The largest absolute Gasteiger partial charge is 0.497 e. The van der Waals surface area contributed by atoms with Crippen LogP contribution in [-0.2, 0) is 9.47 Å². The van der Waals surface area contributed by atoms with Gasteiger partial charge in [0.1, 0.15) is 22.2 Å². The zero-order valence-corrected chi connectivity index (χ0v) is 11.9. The van der Waals surface area contributed by atoms with Gasteiger partial charge in [0.15, 0.2) is 6.29 Å². The first-order valence-corrected chi connectivity index (χ1v) is 6.56. The Labute approximate surface area is 121 Å². The maximum Gasteiger partial charge on any atom is 0.187 e. The van der Waals surface area contributed by atoms with Gasteiger partial charge >= 0.3 is 0 Å². The number of aromatic nitrogens is 1. The van der Waals surface area contributed by atoms with E-state index < -0.39 is 6.29 Å². The second-order valence-corrected chi connectivity index (χ2v) is 4.70. The summed E-state index contributed by atoms with van der Waals surface area (Å²) in [4.78, 5) is 4.39. The van der Waals surface area contributed by atoms with Gasteiger partial charge in [0.25, 0.3) is 0 Å². The first-order chi connectivity index (χ1) is 9.72. The highest BCUT2D eigenvalue weighted by molar-refractivity contribution is 6.30. The Morgan fingerprint density at radius 3 is 2.55 bits per heavy atom. The molecule has 1 aromatic heterocycles. The molecule has 5 nitrogen and oxygen atoms in total. The predicted molar refractivity (Wildman–Crippen MR) is 74.5 cm³/mol. The van der Waals surface area contributed by atoms with Gasteiger partial charge < -0.3 is 18.9 Å². The number of benzene rings is 1. The van der Waals surface area contributed by atoms with E-state index in [2.05, 4.69) is 4.98 Å². The van der Waals surface area contributed by atoms with E-state index in [9.17, 15) is 0 Å². The van der Waals surface area contributed by atoms with Gasteiger partial charge in [-0.1, -0.05) is 11.6 Å². The van der Waals surface area contributed by atoms with Crippen molar-refractivity contribution in [1.82, 2.24) is 4.98 Å². The van der Waals surface area contributed by atoms with Crippen LogP contribution in [0.25, 0.3) is 10.9 Å². The Morgan fingerprint density at radius 2 is 1.90 bits per heavy atom. The fourth-order valence-corrected chi connectivity index (χ4v) is 2.43. The molecule has 0 unspecified atom stereocenters. The summed E-state index contributed by atoms with van der Waals surface area (Å²) in [5, 5.41) is 1.22. The van der Waals surface area contributed by atoms with Crippen LogP contribution in [0.3, 0.4) is 0 Å². The summed E-state index contributed by atoms with van der Waals surface area (Å²) in [5.74, 6) is 1.30. The van der Waals surface area contributed by atoms with Crippen LogP contribution in [0.5, 0.6) is 11.5 Å². The molecule has 1 aromatic carbocycles. The van der Waals surface area contributed by atoms with Crippen LogP contribution in [0.4, 0.5) is 0 Å². The monoisotopic (exact) mass is 295 g/mol.